The lowest BCUT2D eigenvalue weighted by atomic mass is 10.0. The predicted octanol–water partition coefficient (Wildman–Crippen LogP) is 3.09. The van der Waals surface area contributed by atoms with Gasteiger partial charge in [-0.1, -0.05) is 12.2 Å². The molecule has 1 aromatic rings. The average molecular weight is 334 g/mol. The van der Waals surface area contributed by atoms with E-state index in [4.69, 9.17) is 5.11 Å². The summed E-state index contributed by atoms with van der Waals surface area (Å²) in [6.07, 6.45) is -3.16. The van der Waals surface area contributed by atoms with Gasteiger partial charge in [-0.25, -0.2) is 13.2 Å². The Labute approximate surface area is 125 Å². The van der Waals surface area contributed by atoms with Gasteiger partial charge < -0.3 is 5.11 Å². The van der Waals surface area contributed by atoms with Gasteiger partial charge >= 0.3 is 12.1 Å². The molecule has 0 aliphatic rings. The predicted molar refractivity (Wildman–Crippen MR) is 74.6 cm³/mol. The molecule has 120 valence electrons. The number of hydrogen-bond donors (Lipinski definition) is 1. The Morgan fingerprint density at radius 1 is 1.23 bits per heavy atom. The van der Waals surface area contributed by atoms with Gasteiger partial charge in [-0.2, -0.15) is 13.2 Å². The first-order valence-corrected chi connectivity index (χ1v) is 7.62. The van der Waals surface area contributed by atoms with Crippen molar-refractivity contribution in [1.29, 1.82) is 0 Å². The Balaban J connectivity index is 3.93. The molecule has 4 nitrogen and oxygen atoms in total. The largest absolute Gasteiger partial charge is 0.478 e. The van der Waals surface area contributed by atoms with Crippen molar-refractivity contribution in [2.24, 2.45) is 0 Å². The van der Waals surface area contributed by atoms with E-state index in [1.54, 1.807) is 0 Å². The van der Waals surface area contributed by atoms with Crippen LogP contribution >= 0.6 is 0 Å². The molecular formula is C14H13F3O4S. The van der Waals surface area contributed by atoms with E-state index in [2.05, 4.69) is 13.2 Å². The summed E-state index contributed by atoms with van der Waals surface area (Å²) < 4.78 is 63.7. The van der Waals surface area contributed by atoms with Crippen LogP contribution in [0.2, 0.25) is 0 Å². The van der Waals surface area contributed by atoms with E-state index in [-0.39, 0.29) is 6.42 Å². The normalized spacial score (nSPS) is 12.0. The molecule has 1 aromatic carbocycles. The minimum absolute atomic E-state index is 0.322. The highest BCUT2D eigenvalue weighted by molar-refractivity contribution is 7.91. The number of allylic oxidation sites excluding steroid dienone is 1. The molecule has 1 N–H and O–H groups in total. The van der Waals surface area contributed by atoms with Crippen molar-refractivity contribution in [1.82, 2.24) is 0 Å². The highest BCUT2D eigenvalue weighted by Crippen LogP contribution is 2.38. The third kappa shape index (κ3) is 3.56. The molecule has 0 aliphatic heterocycles. The Hall–Kier alpha value is -2.09. The topological polar surface area (TPSA) is 71.4 Å². The zero-order valence-electron chi connectivity index (χ0n) is 11.4. The van der Waals surface area contributed by atoms with E-state index in [9.17, 15) is 26.4 Å². The number of benzene rings is 1. The molecule has 0 saturated carbocycles. The molecule has 0 heterocycles. The van der Waals surface area contributed by atoms with Crippen molar-refractivity contribution in [2.45, 2.75) is 17.5 Å². The quantitative estimate of drug-likeness (QED) is 0.812. The van der Waals surface area contributed by atoms with Gasteiger partial charge in [-0.05, 0) is 24.1 Å². The molecule has 0 aliphatic carbocycles. The Morgan fingerprint density at radius 2 is 1.82 bits per heavy atom. The standard InChI is InChI=1S/C14H13F3O4S/c1-3-5-9-10(13(18)19)6-7-11(14(15,16)17)12(9)22(20,21)8-4-2/h3-4,6-7H,1-2,5,8H2,(H,18,19). The molecule has 0 saturated heterocycles. The van der Waals surface area contributed by atoms with Gasteiger partial charge in [0.1, 0.15) is 0 Å². The number of sulfone groups is 1. The maximum atomic E-state index is 13.1. The van der Waals surface area contributed by atoms with Gasteiger partial charge in [0.2, 0.25) is 0 Å². The lowest BCUT2D eigenvalue weighted by Crippen LogP contribution is -2.19. The fraction of sp³-hybridized carbons (Fsp3) is 0.214. The summed E-state index contributed by atoms with van der Waals surface area (Å²) in [5.41, 5.74) is -2.33. The Kier molecular flexibility index (Phi) is 5.18. The number of halogens is 3. The van der Waals surface area contributed by atoms with Gasteiger partial charge in [-0.3, -0.25) is 0 Å². The van der Waals surface area contributed by atoms with Crippen LogP contribution in [0.1, 0.15) is 21.5 Å². The molecule has 8 heteroatoms. The number of carboxylic acid groups (broad SMARTS) is 1. The average Bonchev–Trinajstić information content (AvgIpc) is 2.36. The van der Waals surface area contributed by atoms with Gasteiger partial charge in [0, 0.05) is 0 Å². The van der Waals surface area contributed by atoms with Crippen LogP contribution in [0, 0.1) is 0 Å². The molecule has 0 unspecified atom stereocenters. The summed E-state index contributed by atoms with van der Waals surface area (Å²) in [7, 11) is -4.38. The second kappa shape index (κ2) is 6.35. The summed E-state index contributed by atoms with van der Waals surface area (Å²) in [6.45, 7) is 6.53. The van der Waals surface area contributed by atoms with E-state index in [1.807, 2.05) is 0 Å². The van der Waals surface area contributed by atoms with E-state index >= 15 is 0 Å². The first-order valence-electron chi connectivity index (χ1n) is 5.97. The van der Waals surface area contributed by atoms with Crippen LogP contribution in [0.4, 0.5) is 13.2 Å². The van der Waals surface area contributed by atoms with E-state index in [1.165, 1.54) is 0 Å². The van der Waals surface area contributed by atoms with Crippen molar-refractivity contribution in [2.75, 3.05) is 5.75 Å². The fourth-order valence-electron chi connectivity index (χ4n) is 1.99. The number of aromatic carboxylic acids is 1. The molecule has 0 fully saturated rings. The first kappa shape index (κ1) is 18.0. The lowest BCUT2D eigenvalue weighted by Gasteiger charge is -2.18. The summed E-state index contributed by atoms with van der Waals surface area (Å²) >= 11 is 0. The second-order valence-electron chi connectivity index (χ2n) is 4.33. The van der Waals surface area contributed by atoms with Crippen LogP contribution in [0.5, 0.6) is 0 Å². The minimum atomic E-state index is -4.93. The maximum absolute atomic E-state index is 13.1. The van der Waals surface area contributed by atoms with Gasteiger partial charge in [-0.15, -0.1) is 13.2 Å². The highest BCUT2D eigenvalue weighted by Gasteiger charge is 2.39. The number of rotatable bonds is 6. The molecule has 22 heavy (non-hydrogen) atoms. The summed E-state index contributed by atoms with van der Waals surface area (Å²) in [4.78, 5) is 10.1. The lowest BCUT2D eigenvalue weighted by molar-refractivity contribution is -0.140. The Morgan fingerprint density at radius 3 is 2.23 bits per heavy atom. The summed E-state index contributed by atoms with van der Waals surface area (Å²) in [5.74, 6) is -2.25. The van der Waals surface area contributed by atoms with Gasteiger partial charge in [0.25, 0.3) is 0 Å². The van der Waals surface area contributed by atoms with Crippen molar-refractivity contribution < 1.29 is 31.5 Å². The van der Waals surface area contributed by atoms with E-state index in [0.717, 1.165) is 18.2 Å². The van der Waals surface area contributed by atoms with E-state index in [0.29, 0.717) is 6.07 Å². The molecule has 1 rings (SSSR count). The maximum Gasteiger partial charge on any atom is 0.417 e. The monoisotopic (exact) mass is 334 g/mol. The van der Waals surface area contributed by atoms with Crippen molar-refractivity contribution in [3.8, 4) is 0 Å². The van der Waals surface area contributed by atoms with Crippen LogP contribution in [-0.4, -0.2) is 25.2 Å². The molecule has 0 aromatic heterocycles. The number of carboxylic acids is 1. The molecule has 0 spiro atoms. The third-order valence-corrected chi connectivity index (χ3v) is 4.56. The molecule has 0 bridgehead atoms. The number of carbonyl (C=O) groups is 1. The highest BCUT2D eigenvalue weighted by atomic mass is 32.2. The molecular weight excluding hydrogens is 321 g/mol. The Bertz CT molecular complexity index is 718. The van der Waals surface area contributed by atoms with Crippen LogP contribution in [0.25, 0.3) is 0 Å². The summed E-state index contributed by atoms with van der Waals surface area (Å²) in [5, 5.41) is 9.08. The SMILES string of the molecule is C=CCc1c(C(=O)O)ccc(C(F)(F)F)c1S(=O)(=O)CC=C. The van der Waals surface area contributed by atoms with Crippen LogP contribution in [-0.2, 0) is 22.4 Å². The molecule has 0 amide bonds. The van der Waals surface area contributed by atoms with Crippen LogP contribution < -0.4 is 0 Å². The van der Waals surface area contributed by atoms with Crippen LogP contribution in [0.15, 0.2) is 42.3 Å². The number of hydrogen-bond acceptors (Lipinski definition) is 3. The van der Waals surface area contributed by atoms with Crippen molar-refractivity contribution >= 4 is 15.8 Å². The molecule has 0 atom stereocenters. The summed E-state index contributed by atoms with van der Waals surface area (Å²) in [6, 6.07) is 1.21. The van der Waals surface area contributed by atoms with Crippen molar-refractivity contribution in [3.63, 3.8) is 0 Å². The smallest absolute Gasteiger partial charge is 0.417 e. The zero-order valence-corrected chi connectivity index (χ0v) is 12.2. The number of alkyl halides is 3. The zero-order chi connectivity index (χ0) is 17.1. The molecule has 0 radical (unpaired) electrons. The second-order valence-corrected chi connectivity index (χ2v) is 6.31. The minimum Gasteiger partial charge on any atom is -0.478 e. The first-order chi connectivity index (χ1) is 10.1. The van der Waals surface area contributed by atoms with Crippen LogP contribution in [0.3, 0.4) is 0 Å². The van der Waals surface area contributed by atoms with Crippen molar-refractivity contribution in [3.05, 3.63) is 54.1 Å². The third-order valence-electron chi connectivity index (χ3n) is 2.79. The fourth-order valence-corrected chi connectivity index (χ4v) is 3.56. The van der Waals surface area contributed by atoms with E-state index < -0.39 is 49.3 Å². The van der Waals surface area contributed by atoms with Gasteiger partial charge in [0.15, 0.2) is 9.84 Å². The van der Waals surface area contributed by atoms with Gasteiger partial charge in [0.05, 0.1) is 21.8 Å².